The maximum absolute atomic E-state index is 10.7. The number of nitrogens with zero attached hydrogens (tertiary/aromatic N) is 1. The van der Waals surface area contributed by atoms with Gasteiger partial charge in [-0.3, -0.25) is 0 Å². The molecule has 0 aliphatic heterocycles. The summed E-state index contributed by atoms with van der Waals surface area (Å²) in [5, 5.41) is 9.74. The molecule has 1 heterocycles. The molecule has 2 aromatic rings. The molecule has 0 saturated heterocycles. The summed E-state index contributed by atoms with van der Waals surface area (Å²) in [6.07, 6.45) is 1.64. The molecule has 0 bridgehead atoms. The van der Waals surface area contributed by atoms with Gasteiger partial charge < -0.3 is 5.11 Å². The van der Waals surface area contributed by atoms with E-state index in [9.17, 15) is 4.79 Å². The number of hydrogen-bond donors (Lipinski definition) is 1. The summed E-state index contributed by atoms with van der Waals surface area (Å²) in [6.45, 7) is 0. The van der Waals surface area contributed by atoms with Gasteiger partial charge in [0.25, 0.3) is 0 Å². The molecule has 1 aromatic heterocycles. The molecule has 0 aliphatic carbocycles. The van der Waals surface area contributed by atoms with Crippen molar-refractivity contribution in [3.05, 3.63) is 57.8 Å². The van der Waals surface area contributed by atoms with Crippen LogP contribution in [0, 0.1) is 0 Å². The Morgan fingerprint density at radius 1 is 1.26 bits per heavy atom. The predicted octanol–water partition coefficient (Wildman–Crippen LogP) is 4.38. The van der Waals surface area contributed by atoms with Crippen LogP contribution in [0.15, 0.2) is 41.4 Å². The lowest BCUT2D eigenvalue weighted by atomic mass is 10.2. The number of aromatic nitrogens is 1. The maximum Gasteiger partial charge on any atom is 0.335 e. The highest BCUT2D eigenvalue weighted by Crippen LogP contribution is 2.27. The molecule has 19 heavy (non-hydrogen) atoms. The Morgan fingerprint density at radius 2 is 1.95 bits per heavy atom. The Labute approximate surface area is 124 Å². The van der Waals surface area contributed by atoms with E-state index < -0.39 is 5.97 Å². The van der Waals surface area contributed by atoms with E-state index in [1.165, 1.54) is 0 Å². The number of carbonyl (C=O) groups is 1. The van der Waals surface area contributed by atoms with Crippen LogP contribution in [0.1, 0.15) is 15.9 Å². The smallest absolute Gasteiger partial charge is 0.335 e. The van der Waals surface area contributed by atoms with Crippen LogP contribution in [0.5, 0.6) is 0 Å². The Bertz CT molecular complexity index is 602. The zero-order chi connectivity index (χ0) is 13.8. The number of pyridine rings is 1. The van der Waals surface area contributed by atoms with Crippen molar-refractivity contribution in [1.82, 2.24) is 4.98 Å². The molecule has 98 valence electrons. The second-order valence-corrected chi connectivity index (χ2v) is 5.56. The first-order chi connectivity index (χ1) is 9.06. The van der Waals surface area contributed by atoms with Crippen LogP contribution < -0.4 is 0 Å². The van der Waals surface area contributed by atoms with Crippen molar-refractivity contribution in [2.75, 3.05) is 0 Å². The van der Waals surface area contributed by atoms with Crippen molar-refractivity contribution in [1.29, 1.82) is 0 Å². The first-order valence-corrected chi connectivity index (χ1v) is 7.06. The van der Waals surface area contributed by atoms with Gasteiger partial charge >= 0.3 is 5.97 Å². The molecule has 1 N–H and O–H groups in total. The third-order valence-electron chi connectivity index (χ3n) is 2.39. The van der Waals surface area contributed by atoms with Gasteiger partial charge in [-0.25, -0.2) is 9.78 Å². The van der Waals surface area contributed by atoms with E-state index in [1.54, 1.807) is 48.3 Å². The van der Waals surface area contributed by atoms with E-state index in [-0.39, 0.29) is 5.56 Å². The van der Waals surface area contributed by atoms with Crippen molar-refractivity contribution >= 4 is 40.9 Å². The van der Waals surface area contributed by atoms with Crippen LogP contribution in [0.25, 0.3) is 0 Å². The highest BCUT2D eigenvalue weighted by Gasteiger charge is 2.05. The zero-order valence-electron chi connectivity index (χ0n) is 9.64. The van der Waals surface area contributed by atoms with Gasteiger partial charge in [-0.2, -0.15) is 0 Å². The minimum atomic E-state index is -0.929. The summed E-state index contributed by atoms with van der Waals surface area (Å²) in [7, 11) is 0. The molecule has 0 fully saturated rings. The van der Waals surface area contributed by atoms with Crippen LogP contribution in [0.2, 0.25) is 10.2 Å². The maximum atomic E-state index is 10.7. The summed E-state index contributed by atoms with van der Waals surface area (Å²) < 4.78 is 0. The van der Waals surface area contributed by atoms with Crippen molar-refractivity contribution < 1.29 is 9.90 Å². The minimum absolute atomic E-state index is 0.274. The fourth-order valence-electron chi connectivity index (χ4n) is 1.40. The molecule has 0 radical (unpaired) electrons. The standard InChI is InChI=1S/C13H9Cl2NO2S/c14-11-5-12(15)16-6-9(11)7-19-10-3-1-8(2-4-10)13(17)18/h1-6H,7H2,(H,17,18). The average molecular weight is 314 g/mol. The predicted molar refractivity (Wildman–Crippen MR) is 77.2 cm³/mol. The third kappa shape index (κ3) is 3.86. The molecule has 0 spiro atoms. The number of aromatic carboxylic acids is 1. The Kier molecular flexibility index (Phi) is 4.69. The summed E-state index contributed by atoms with van der Waals surface area (Å²) in [6, 6.07) is 8.29. The lowest BCUT2D eigenvalue weighted by Gasteiger charge is -2.04. The second kappa shape index (κ2) is 6.28. The fourth-order valence-corrected chi connectivity index (χ4v) is 2.79. The van der Waals surface area contributed by atoms with Crippen LogP contribution in [-0.4, -0.2) is 16.1 Å². The SMILES string of the molecule is O=C(O)c1ccc(SCc2cnc(Cl)cc2Cl)cc1. The molecule has 0 aliphatic rings. The van der Waals surface area contributed by atoms with Gasteiger partial charge in [-0.1, -0.05) is 23.2 Å². The van der Waals surface area contributed by atoms with Crippen LogP contribution >= 0.6 is 35.0 Å². The van der Waals surface area contributed by atoms with Gasteiger partial charge in [0.15, 0.2) is 0 Å². The van der Waals surface area contributed by atoms with E-state index in [2.05, 4.69) is 4.98 Å². The Balaban J connectivity index is 2.04. The minimum Gasteiger partial charge on any atom is -0.478 e. The zero-order valence-corrected chi connectivity index (χ0v) is 12.0. The summed E-state index contributed by atoms with van der Waals surface area (Å²) >= 11 is 13.3. The number of halogens is 2. The van der Waals surface area contributed by atoms with E-state index in [4.69, 9.17) is 28.3 Å². The Morgan fingerprint density at radius 3 is 2.53 bits per heavy atom. The number of carboxylic acids is 1. The van der Waals surface area contributed by atoms with Crippen LogP contribution in [0.4, 0.5) is 0 Å². The molecule has 6 heteroatoms. The van der Waals surface area contributed by atoms with E-state index in [1.807, 2.05) is 0 Å². The van der Waals surface area contributed by atoms with Gasteiger partial charge in [0.1, 0.15) is 5.15 Å². The highest BCUT2D eigenvalue weighted by atomic mass is 35.5. The van der Waals surface area contributed by atoms with Crippen molar-refractivity contribution in [3.8, 4) is 0 Å². The number of benzene rings is 1. The molecular formula is C13H9Cl2NO2S. The Hall–Kier alpha value is -1.23. The number of thioether (sulfide) groups is 1. The second-order valence-electron chi connectivity index (χ2n) is 3.72. The lowest BCUT2D eigenvalue weighted by Crippen LogP contribution is -1.94. The quantitative estimate of drug-likeness (QED) is 0.672. The van der Waals surface area contributed by atoms with Gasteiger partial charge in [-0.05, 0) is 35.9 Å². The van der Waals surface area contributed by atoms with Crippen LogP contribution in [-0.2, 0) is 5.75 Å². The third-order valence-corrected chi connectivity index (χ3v) is 4.01. The van der Waals surface area contributed by atoms with Crippen molar-refractivity contribution in [2.45, 2.75) is 10.6 Å². The largest absolute Gasteiger partial charge is 0.478 e. The molecule has 0 amide bonds. The monoisotopic (exact) mass is 313 g/mol. The normalized spacial score (nSPS) is 10.4. The van der Waals surface area contributed by atoms with Gasteiger partial charge in [-0.15, -0.1) is 11.8 Å². The van der Waals surface area contributed by atoms with Gasteiger partial charge in [0.2, 0.25) is 0 Å². The average Bonchev–Trinajstić information content (AvgIpc) is 2.38. The van der Waals surface area contributed by atoms with Gasteiger partial charge in [0, 0.05) is 21.9 Å². The molecule has 1 aromatic carbocycles. The highest BCUT2D eigenvalue weighted by molar-refractivity contribution is 7.98. The van der Waals surface area contributed by atoms with Gasteiger partial charge in [0.05, 0.1) is 5.56 Å². The van der Waals surface area contributed by atoms with Crippen molar-refractivity contribution in [2.24, 2.45) is 0 Å². The van der Waals surface area contributed by atoms with E-state index in [0.717, 1.165) is 10.5 Å². The number of carboxylic acid groups (broad SMARTS) is 1. The topological polar surface area (TPSA) is 50.2 Å². The number of hydrogen-bond acceptors (Lipinski definition) is 3. The lowest BCUT2D eigenvalue weighted by molar-refractivity contribution is 0.0697. The molecule has 0 atom stereocenters. The molecular weight excluding hydrogens is 305 g/mol. The fraction of sp³-hybridized carbons (Fsp3) is 0.0769. The molecule has 2 rings (SSSR count). The molecule has 3 nitrogen and oxygen atoms in total. The summed E-state index contributed by atoms with van der Waals surface area (Å²) in [5.41, 5.74) is 1.16. The number of rotatable bonds is 4. The van der Waals surface area contributed by atoms with E-state index in [0.29, 0.717) is 15.9 Å². The summed E-state index contributed by atoms with van der Waals surface area (Å²) in [4.78, 5) is 15.7. The van der Waals surface area contributed by atoms with Crippen LogP contribution in [0.3, 0.4) is 0 Å². The molecule has 0 unspecified atom stereocenters. The first kappa shape index (κ1) is 14.2. The summed E-state index contributed by atoms with van der Waals surface area (Å²) in [5.74, 6) is -0.281. The van der Waals surface area contributed by atoms with Crippen molar-refractivity contribution in [3.63, 3.8) is 0 Å². The molecule has 0 saturated carbocycles. The van der Waals surface area contributed by atoms with E-state index >= 15 is 0 Å². The first-order valence-electron chi connectivity index (χ1n) is 5.32.